The zero-order chi connectivity index (χ0) is 15.3. The van der Waals surface area contributed by atoms with E-state index in [1.807, 2.05) is 30.3 Å². The molecule has 0 radical (unpaired) electrons. The second-order valence-electron chi connectivity index (χ2n) is 6.14. The molecule has 1 atom stereocenters. The Morgan fingerprint density at radius 1 is 1.00 bits per heavy atom. The monoisotopic (exact) mass is 283 g/mol. The lowest BCUT2D eigenvalue weighted by Crippen LogP contribution is -2.40. The fourth-order valence-electron chi connectivity index (χ4n) is 2.86. The average Bonchev–Trinajstić information content (AvgIpc) is 2.49. The molecule has 0 heterocycles. The maximum atomic E-state index is 10.2. The molecule has 2 rings (SSSR count). The lowest BCUT2D eigenvalue weighted by molar-refractivity contribution is 0.190. The van der Waals surface area contributed by atoms with Crippen molar-refractivity contribution in [2.75, 3.05) is 11.9 Å². The molecule has 0 aliphatic rings. The molecule has 2 aromatic rings. The van der Waals surface area contributed by atoms with Gasteiger partial charge in [-0.05, 0) is 36.5 Å². The van der Waals surface area contributed by atoms with E-state index in [0.29, 0.717) is 5.92 Å². The minimum absolute atomic E-state index is 0.0729. The minimum Gasteiger partial charge on any atom is -0.394 e. The molecule has 2 heteroatoms. The van der Waals surface area contributed by atoms with E-state index in [4.69, 9.17) is 0 Å². The largest absolute Gasteiger partial charge is 0.394 e. The zero-order valence-corrected chi connectivity index (χ0v) is 13.1. The van der Waals surface area contributed by atoms with Crippen molar-refractivity contribution in [2.24, 2.45) is 5.92 Å². The molecule has 0 aliphatic carbocycles. The predicted molar refractivity (Wildman–Crippen MR) is 89.5 cm³/mol. The maximum Gasteiger partial charge on any atom is 0.0859 e. The lowest BCUT2D eigenvalue weighted by atomic mass is 9.82. The van der Waals surface area contributed by atoms with Gasteiger partial charge in [0.15, 0.2) is 0 Å². The maximum absolute atomic E-state index is 10.2. The van der Waals surface area contributed by atoms with Crippen LogP contribution in [0.3, 0.4) is 0 Å². The Labute approximate surface area is 127 Å². The second kappa shape index (κ2) is 6.77. The third-order valence-corrected chi connectivity index (χ3v) is 3.87. The van der Waals surface area contributed by atoms with Crippen LogP contribution in [-0.2, 0) is 5.54 Å². The van der Waals surface area contributed by atoms with E-state index >= 15 is 0 Å². The summed E-state index contributed by atoms with van der Waals surface area (Å²) in [5.41, 5.74) is 2.96. The molecule has 21 heavy (non-hydrogen) atoms. The first kappa shape index (κ1) is 15.6. The van der Waals surface area contributed by atoms with Crippen molar-refractivity contribution in [3.05, 3.63) is 65.7 Å². The Balaban J connectivity index is 2.43. The number of para-hydroxylation sites is 1. The van der Waals surface area contributed by atoms with Crippen molar-refractivity contribution in [1.82, 2.24) is 0 Å². The van der Waals surface area contributed by atoms with Crippen molar-refractivity contribution in [1.29, 1.82) is 0 Å². The summed E-state index contributed by atoms with van der Waals surface area (Å²) in [7, 11) is 0. The topological polar surface area (TPSA) is 32.3 Å². The van der Waals surface area contributed by atoms with Gasteiger partial charge in [0, 0.05) is 5.69 Å². The highest BCUT2D eigenvalue weighted by Gasteiger charge is 2.32. The third-order valence-electron chi connectivity index (χ3n) is 3.87. The van der Waals surface area contributed by atoms with Crippen LogP contribution in [0.5, 0.6) is 0 Å². The van der Waals surface area contributed by atoms with Gasteiger partial charge in [-0.1, -0.05) is 62.4 Å². The summed E-state index contributed by atoms with van der Waals surface area (Å²) in [5, 5.41) is 13.8. The molecule has 0 amide bonds. The highest BCUT2D eigenvalue weighted by Crippen LogP contribution is 2.33. The SMILES string of the molecule is Cc1ccccc1NC(CO)(CC(C)C)c1ccccc1. The quantitative estimate of drug-likeness (QED) is 0.826. The molecule has 0 aromatic heterocycles. The molecule has 0 bridgehead atoms. The molecular weight excluding hydrogens is 258 g/mol. The number of rotatable bonds is 6. The van der Waals surface area contributed by atoms with Crippen LogP contribution in [0.4, 0.5) is 5.69 Å². The molecule has 0 fully saturated rings. The summed E-state index contributed by atoms with van der Waals surface area (Å²) in [5.74, 6) is 0.480. The van der Waals surface area contributed by atoms with Gasteiger partial charge in [0.25, 0.3) is 0 Å². The average molecular weight is 283 g/mol. The standard InChI is InChI=1S/C19H25NO/c1-15(2)13-19(14-21,17-10-5-4-6-11-17)20-18-12-8-7-9-16(18)3/h4-12,15,20-21H,13-14H2,1-3H3. The van der Waals surface area contributed by atoms with E-state index in [1.165, 1.54) is 5.56 Å². The molecule has 0 spiro atoms. The van der Waals surface area contributed by atoms with E-state index in [0.717, 1.165) is 17.7 Å². The lowest BCUT2D eigenvalue weighted by Gasteiger charge is -2.36. The van der Waals surface area contributed by atoms with Gasteiger partial charge in [-0.15, -0.1) is 0 Å². The summed E-state index contributed by atoms with van der Waals surface area (Å²) < 4.78 is 0. The molecule has 2 nitrogen and oxygen atoms in total. The van der Waals surface area contributed by atoms with Crippen molar-refractivity contribution in [3.63, 3.8) is 0 Å². The Morgan fingerprint density at radius 3 is 2.19 bits per heavy atom. The molecule has 2 N–H and O–H groups in total. The normalized spacial score (nSPS) is 14.0. The molecule has 1 unspecified atom stereocenters. The number of benzene rings is 2. The van der Waals surface area contributed by atoms with Gasteiger partial charge in [0.05, 0.1) is 12.1 Å². The number of hydrogen-bond acceptors (Lipinski definition) is 2. The van der Waals surface area contributed by atoms with Gasteiger partial charge in [-0.25, -0.2) is 0 Å². The zero-order valence-electron chi connectivity index (χ0n) is 13.1. The Bertz CT molecular complexity index is 565. The van der Waals surface area contributed by atoms with Crippen molar-refractivity contribution < 1.29 is 5.11 Å². The fourth-order valence-corrected chi connectivity index (χ4v) is 2.86. The summed E-state index contributed by atoms with van der Waals surface area (Å²) in [6, 6.07) is 18.5. The van der Waals surface area contributed by atoms with E-state index in [-0.39, 0.29) is 6.61 Å². The number of aryl methyl sites for hydroxylation is 1. The van der Waals surface area contributed by atoms with Gasteiger partial charge in [0.2, 0.25) is 0 Å². The van der Waals surface area contributed by atoms with Crippen LogP contribution in [0.15, 0.2) is 54.6 Å². The Kier molecular flexibility index (Phi) is 5.03. The van der Waals surface area contributed by atoms with Crippen LogP contribution in [0, 0.1) is 12.8 Å². The van der Waals surface area contributed by atoms with Crippen LogP contribution in [0.1, 0.15) is 31.4 Å². The van der Waals surface area contributed by atoms with Gasteiger partial charge >= 0.3 is 0 Å². The van der Waals surface area contributed by atoms with Crippen LogP contribution in [0.2, 0.25) is 0 Å². The molecule has 0 saturated heterocycles. The van der Waals surface area contributed by atoms with Crippen LogP contribution < -0.4 is 5.32 Å². The number of hydrogen-bond donors (Lipinski definition) is 2. The molecule has 0 aliphatic heterocycles. The highest BCUT2D eigenvalue weighted by molar-refractivity contribution is 5.54. The third kappa shape index (κ3) is 3.64. The van der Waals surface area contributed by atoms with E-state index in [9.17, 15) is 5.11 Å². The van der Waals surface area contributed by atoms with E-state index in [2.05, 4.69) is 50.4 Å². The summed E-state index contributed by atoms with van der Waals surface area (Å²) >= 11 is 0. The van der Waals surface area contributed by atoms with Crippen LogP contribution >= 0.6 is 0 Å². The summed E-state index contributed by atoms with van der Waals surface area (Å²) in [6.45, 7) is 6.54. The molecular formula is C19H25NO. The van der Waals surface area contributed by atoms with Crippen molar-refractivity contribution in [3.8, 4) is 0 Å². The first-order chi connectivity index (χ1) is 10.1. The van der Waals surface area contributed by atoms with Gasteiger partial charge in [-0.2, -0.15) is 0 Å². The number of aliphatic hydroxyl groups is 1. The van der Waals surface area contributed by atoms with Crippen LogP contribution in [0.25, 0.3) is 0 Å². The first-order valence-electron chi connectivity index (χ1n) is 7.57. The molecule has 0 saturated carbocycles. The van der Waals surface area contributed by atoms with Gasteiger partial charge in [-0.3, -0.25) is 0 Å². The first-order valence-corrected chi connectivity index (χ1v) is 7.57. The highest BCUT2D eigenvalue weighted by atomic mass is 16.3. The second-order valence-corrected chi connectivity index (χ2v) is 6.14. The number of aliphatic hydroxyl groups excluding tert-OH is 1. The van der Waals surface area contributed by atoms with Crippen molar-refractivity contribution >= 4 is 5.69 Å². The van der Waals surface area contributed by atoms with Crippen LogP contribution in [-0.4, -0.2) is 11.7 Å². The van der Waals surface area contributed by atoms with Crippen molar-refractivity contribution in [2.45, 2.75) is 32.7 Å². The van der Waals surface area contributed by atoms with E-state index < -0.39 is 5.54 Å². The van der Waals surface area contributed by atoms with Gasteiger partial charge in [0.1, 0.15) is 0 Å². The van der Waals surface area contributed by atoms with E-state index in [1.54, 1.807) is 0 Å². The minimum atomic E-state index is -0.443. The summed E-state index contributed by atoms with van der Waals surface area (Å²) in [6.07, 6.45) is 0.877. The summed E-state index contributed by atoms with van der Waals surface area (Å²) in [4.78, 5) is 0. The smallest absolute Gasteiger partial charge is 0.0859 e. The fraction of sp³-hybridized carbons (Fsp3) is 0.368. The molecule has 2 aromatic carbocycles. The number of anilines is 1. The van der Waals surface area contributed by atoms with Gasteiger partial charge < -0.3 is 10.4 Å². The Morgan fingerprint density at radius 2 is 1.62 bits per heavy atom. The number of nitrogens with one attached hydrogen (secondary N) is 1. The predicted octanol–water partition coefficient (Wildman–Crippen LogP) is 4.34. The molecule has 112 valence electrons. The Hall–Kier alpha value is -1.80.